The van der Waals surface area contributed by atoms with E-state index in [-0.39, 0.29) is 43.4 Å². The van der Waals surface area contributed by atoms with Gasteiger partial charge in [0.1, 0.15) is 24.2 Å². The molecule has 1 aromatic rings. The second-order valence-corrected chi connectivity index (χ2v) is 4.24. The number of halogens is 2. The normalized spacial score (nSPS) is 13.0. The maximum Gasteiger partial charge on any atom is 0.239 e. The number of carbonyl (C=O) groups is 1. The summed E-state index contributed by atoms with van der Waals surface area (Å²) in [6, 6.07) is 4.88. The first kappa shape index (κ1) is 18.6. The Labute approximate surface area is 124 Å². The molecule has 1 rings (SSSR count). The molecule has 7 heteroatoms. The molecule has 2 unspecified atom stereocenters. The van der Waals surface area contributed by atoms with Gasteiger partial charge >= 0.3 is 0 Å². The molecule has 0 aliphatic rings. The van der Waals surface area contributed by atoms with E-state index in [9.17, 15) is 9.18 Å². The zero-order chi connectivity index (χ0) is 14.3. The molecule has 0 spiro atoms. The van der Waals surface area contributed by atoms with Crippen LogP contribution in [0.2, 0.25) is 0 Å². The molecule has 5 nitrogen and oxygen atoms in total. The van der Waals surface area contributed by atoms with E-state index < -0.39 is 6.04 Å². The minimum atomic E-state index is -0.707. The number of carbonyl (C=O) groups excluding carboxylic acids is 1. The standard InChI is InChI=1S/C13H19FN2O3.ClH/c1-9(16-13(17)12(15)8-18-2)7-19-11-5-3-4-10(14)6-11;/h3-6,9,12H,7-8,15H2,1-2H3,(H,16,17);1H. The predicted molar refractivity (Wildman–Crippen MR) is 76.6 cm³/mol. The number of hydrogen-bond donors (Lipinski definition) is 2. The molecule has 0 fully saturated rings. The van der Waals surface area contributed by atoms with E-state index in [1.54, 1.807) is 19.1 Å². The maximum absolute atomic E-state index is 12.9. The van der Waals surface area contributed by atoms with Crippen LogP contribution >= 0.6 is 12.4 Å². The van der Waals surface area contributed by atoms with E-state index in [0.717, 1.165) is 0 Å². The fourth-order valence-electron chi connectivity index (χ4n) is 1.42. The second-order valence-electron chi connectivity index (χ2n) is 4.24. The van der Waals surface area contributed by atoms with Crippen LogP contribution in [0.1, 0.15) is 6.92 Å². The van der Waals surface area contributed by atoms with Crippen LogP contribution in [0.3, 0.4) is 0 Å². The van der Waals surface area contributed by atoms with Crippen molar-refractivity contribution in [3.8, 4) is 5.75 Å². The lowest BCUT2D eigenvalue weighted by Gasteiger charge is -2.17. The number of methoxy groups -OCH3 is 1. The summed E-state index contributed by atoms with van der Waals surface area (Å²) in [6.07, 6.45) is 0. The SMILES string of the molecule is COCC(N)C(=O)NC(C)COc1cccc(F)c1.Cl. The fraction of sp³-hybridized carbons (Fsp3) is 0.462. The van der Waals surface area contributed by atoms with E-state index >= 15 is 0 Å². The van der Waals surface area contributed by atoms with Crippen molar-refractivity contribution >= 4 is 18.3 Å². The van der Waals surface area contributed by atoms with E-state index in [2.05, 4.69) is 5.32 Å². The van der Waals surface area contributed by atoms with Crippen molar-refractivity contribution in [2.75, 3.05) is 20.3 Å². The Hall–Kier alpha value is -1.37. The van der Waals surface area contributed by atoms with Crippen molar-refractivity contribution in [3.05, 3.63) is 30.1 Å². The molecular weight excluding hydrogens is 287 g/mol. The molecule has 0 aromatic heterocycles. The van der Waals surface area contributed by atoms with Crippen LogP contribution in [0, 0.1) is 5.82 Å². The minimum absolute atomic E-state index is 0. The van der Waals surface area contributed by atoms with Gasteiger partial charge in [-0.15, -0.1) is 12.4 Å². The number of nitrogens with one attached hydrogen (secondary N) is 1. The predicted octanol–water partition coefficient (Wildman–Crippen LogP) is 1.10. The van der Waals surface area contributed by atoms with Gasteiger partial charge in [0, 0.05) is 13.2 Å². The van der Waals surface area contributed by atoms with Crippen molar-refractivity contribution in [3.63, 3.8) is 0 Å². The van der Waals surface area contributed by atoms with Gasteiger partial charge in [0.15, 0.2) is 0 Å². The molecule has 0 heterocycles. The minimum Gasteiger partial charge on any atom is -0.491 e. The highest BCUT2D eigenvalue weighted by atomic mass is 35.5. The molecule has 0 radical (unpaired) electrons. The number of ether oxygens (including phenoxy) is 2. The Morgan fingerprint density at radius 1 is 1.45 bits per heavy atom. The highest BCUT2D eigenvalue weighted by Crippen LogP contribution is 2.11. The van der Waals surface area contributed by atoms with Crippen LogP contribution in [-0.4, -0.2) is 38.3 Å². The van der Waals surface area contributed by atoms with Gasteiger partial charge in [0.05, 0.1) is 12.6 Å². The van der Waals surface area contributed by atoms with Gasteiger partial charge in [0.25, 0.3) is 0 Å². The molecular formula is C13H20ClFN2O3. The third-order valence-electron chi connectivity index (χ3n) is 2.37. The zero-order valence-electron chi connectivity index (χ0n) is 11.5. The summed E-state index contributed by atoms with van der Waals surface area (Å²) in [6.45, 7) is 2.16. The molecule has 0 saturated heterocycles. The van der Waals surface area contributed by atoms with Gasteiger partial charge in [-0.25, -0.2) is 4.39 Å². The van der Waals surface area contributed by atoms with E-state index in [0.29, 0.717) is 5.75 Å². The smallest absolute Gasteiger partial charge is 0.239 e. The number of amides is 1. The summed E-state index contributed by atoms with van der Waals surface area (Å²) in [5, 5.41) is 2.69. The topological polar surface area (TPSA) is 73.6 Å². The van der Waals surface area contributed by atoms with Gasteiger partial charge in [-0.3, -0.25) is 4.79 Å². The Morgan fingerprint density at radius 3 is 2.75 bits per heavy atom. The number of hydrogen-bond acceptors (Lipinski definition) is 4. The first-order valence-corrected chi connectivity index (χ1v) is 5.96. The molecule has 0 aliphatic heterocycles. The molecule has 114 valence electrons. The Balaban J connectivity index is 0.00000361. The maximum atomic E-state index is 12.9. The van der Waals surface area contributed by atoms with Crippen molar-refractivity contribution < 1.29 is 18.7 Å². The number of benzene rings is 1. The van der Waals surface area contributed by atoms with Crippen LogP contribution in [0.5, 0.6) is 5.75 Å². The summed E-state index contributed by atoms with van der Waals surface area (Å²) in [4.78, 5) is 11.6. The average Bonchev–Trinajstić information content (AvgIpc) is 2.36. The van der Waals surface area contributed by atoms with E-state index in [1.807, 2.05) is 0 Å². The van der Waals surface area contributed by atoms with E-state index in [4.69, 9.17) is 15.2 Å². The first-order chi connectivity index (χ1) is 9.02. The monoisotopic (exact) mass is 306 g/mol. The Bertz CT molecular complexity index is 420. The van der Waals surface area contributed by atoms with E-state index in [1.165, 1.54) is 19.2 Å². The zero-order valence-corrected chi connectivity index (χ0v) is 12.3. The van der Waals surface area contributed by atoms with Gasteiger partial charge < -0.3 is 20.5 Å². The van der Waals surface area contributed by atoms with Crippen molar-refractivity contribution in [1.82, 2.24) is 5.32 Å². The van der Waals surface area contributed by atoms with Gasteiger partial charge in [-0.2, -0.15) is 0 Å². The van der Waals surface area contributed by atoms with Crippen LogP contribution < -0.4 is 15.8 Å². The third-order valence-corrected chi connectivity index (χ3v) is 2.37. The summed E-state index contributed by atoms with van der Waals surface area (Å²) < 4.78 is 23.1. The summed E-state index contributed by atoms with van der Waals surface area (Å²) in [5.74, 6) is -0.254. The lowest BCUT2D eigenvalue weighted by atomic mass is 10.2. The Morgan fingerprint density at radius 2 is 2.15 bits per heavy atom. The largest absolute Gasteiger partial charge is 0.491 e. The summed E-state index contributed by atoms with van der Waals surface area (Å²) in [5.41, 5.74) is 5.58. The quantitative estimate of drug-likeness (QED) is 0.791. The molecule has 1 aromatic carbocycles. The van der Waals surface area contributed by atoms with Gasteiger partial charge in [-0.1, -0.05) is 6.07 Å². The first-order valence-electron chi connectivity index (χ1n) is 5.96. The molecule has 2 atom stereocenters. The molecule has 0 saturated carbocycles. The summed E-state index contributed by atoms with van der Waals surface area (Å²) >= 11 is 0. The van der Waals surface area contributed by atoms with Crippen molar-refractivity contribution in [2.24, 2.45) is 5.73 Å². The highest BCUT2D eigenvalue weighted by Gasteiger charge is 2.15. The molecule has 1 amide bonds. The Kier molecular flexibility index (Phi) is 8.87. The highest BCUT2D eigenvalue weighted by molar-refractivity contribution is 5.85. The van der Waals surface area contributed by atoms with Crippen molar-refractivity contribution in [1.29, 1.82) is 0 Å². The van der Waals surface area contributed by atoms with Gasteiger partial charge in [0.2, 0.25) is 5.91 Å². The number of nitrogens with two attached hydrogens (primary N) is 1. The van der Waals surface area contributed by atoms with Crippen LogP contribution in [-0.2, 0) is 9.53 Å². The fourth-order valence-corrected chi connectivity index (χ4v) is 1.42. The molecule has 3 N–H and O–H groups in total. The average molecular weight is 307 g/mol. The van der Waals surface area contributed by atoms with Crippen molar-refractivity contribution in [2.45, 2.75) is 19.0 Å². The van der Waals surface area contributed by atoms with Crippen LogP contribution in [0.4, 0.5) is 4.39 Å². The molecule has 20 heavy (non-hydrogen) atoms. The number of rotatable bonds is 7. The second kappa shape index (κ2) is 9.52. The van der Waals surface area contributed by atoms with Crippen LogP contribution in [0.15, 0.2) is 24.3 Å². The third kappa shape index (κ3) is 6.70. The van der Waals surface area contributed by atoms with Gasteiger partial charge in [-0.05, 0) is 19.1 Å². The lowest BCUT2D eigenvalue weighted by Crippen LogP contribution is -2.48. The molecule has 0 bridgehead atoms. The lowest BCUT2D eigenvalue weighted by molar-refractivity contribution is -0.124. The summed E-state index contributed by atoms with van der Waals surface area (Å²) in [7, 11) is 1.48. The molecule has 0 aliphatic carbocycles. The van der Waals surface area contributed by atoms with Crippen LogP contribution in [0.25, 0.3) is 0 Å².